The van der Waals surface area contributed by atoms with Gasteiger partial charge in [0, 0.05) is 5.69 Å². The summed E-state index contributed by atoms with van der Waals surface area (Å²) in [4.78, 5) is 3.94. The van der Waals surface area contributed by atoms with Gasteiger partial charge in [-0.2, -0.15) is 0 Å². The van der Waals surface area contributed by atoms with Crippen molar-refractivity contribution < 1.29 is 0 Å². The smallest absolute Gasteiger partial charge is 0.129 e. The lowest BCUT2D eigenvalue weighted by Gasteiger charge is -2.20. The fourth-order valence-corrected chi connectivity index (χ4v) is 2.81. The molecule has 0 aliphatic rings. The number of benzene rings is 2. The number of halogens is 1. The van der Waals surface area contributed by atoms with Gasteiger partial charge in [0.15, 0.2) is 0 Å². The minimum absolute atomic E-state index is 0.559. The molecule has 2 heteroatoms. The van der Waals surface area contributed by atoms with Crippen LogP contribution in [0.2, 0.25) is 5.15 Å². The molecule has 0 fully saturated rings. The Hall–Kier alpha value is -2.12. The number of pyridine rings is 1. The topological polar surface area (TPSA) is 12.9 Å². The Bertz CT molecular complexity index is 664. The van der Waals surface area contributed by atoms with E-state index in [2.05, 4.69) is 79.5 Å². The maximum absolute atomic E-state index is 5.53. The first-order valence-corrected chi connectivity index (χ1v) is 8.64. The fraction of sp³-hybridized carbons (Fsp3) is 0.227. The van der Waals surface area contributed by atoms with Crippen molar-refractivity contribution in [1.82, 2.24) is 4.98 Å². The molecule has 0 spiro atoms. The Balaban J connectivity index is 0.000000219. The Morgan fingerprint density at radius 1 is 0.667 bits per heavy atom. The quantitative estimate of drug-likeness (QED) is 0.488. The second-order valence-corrected chi connectivity index (χ2v) is 6.39. The van der Waals surface area contributed by atoms with Crippen molar-refractivity contribution in [2.75, 3.05) is 0 Å². The van der Waals surface area contributed by atoms with Crippen LogP contribution in [0.4, 0.5) is 0 Å². The Morgan fingerprint density at radius 3 is 1.46 bits per heavy atom. The van der Waals surface area contributed by atoms with Crippen LogP contribution in [0.1, 0.15) is 42.5 Å². The van der Waals surface area contributed by atoms with Gasteiger partial charge in [-0.25, -0.2) is 4.98 Å². The molecule has 1 nitrogen and oxygen atoms in total. The molecular weight excluding hydrogens is 314 g/mol. The Kier molecular flexibility index (Phi) is 7.02. The van der Waals surface area contributed by atoms with Crippen molar-refractivity contribution in [3.8, 4) is 0 Å². The lowest BCUT2D eigenvalue weighted by molar-refractivity contribution is 0.624. The van der Waals surface area contributed by atoms with Gasteiger partial charge in [0.05, 0.1) is 0 Å². The first-order valence-electron chi connectivity index (χ1n) is 8.27. The highest BCUT2D eigenvalue weighted by Gasteiger charge is 2.15. The molecule has 3 aromatic rings. The average molecular weight is 338 g/mol. The lowest BCUT2D eigenvalue weighted by Crippen LogP contribution is -2.04. The highest BCUT2D eigenvalue weighted by atomic mass is 35.5. The third-order valence-corrected chi connectivity index (χ3v) is 4.47. The zero-order chi connectivity index (χ0) is 17.4. The third kappa shape index (κ3) is 5.50. The summed E-state index contributed by atoms with van der Waals surface area (Å²) in [6.45, 7) is 6.51. The van der Waals surface area contributed by atoms with Crippen LogP contribution in [-0.4, -0.2) is 4.98 Å². The van der Waals surface area contributed by atoms with Crippen molar-refractivity contribution in [3.05, 3.63) is 101 Å². The zero-order valence-electron chi connectivity index (χ0n) is 14.5. The van der Waals surface area contributed by atoms with Crippen molar-refractivity contribution in [1.29, 1.82) is 0 Å². The molecular formula is C22H24ClN. The highest BCUT2D eigenvalue weighted by Crippen LogP contribution is 2.31. The van der Waals surface area contributed by atoms with Gasteiger partial charge in [0.1, 0.15) is 5.15 Å². The van der Waals surface area contributed by atoms with E-state index in [1.54, 1.807) is 6.07 Å². The van der Waals surface area contributed by atoms with Crippen molar-refractivity contribution >= 4 is 11.6 Å². The molecule has 0 aliphatic heterocycles. The van der Waals surface area contributed by atoms with Crippen LogP contribution in [0.15, 0.2) is 78.9 Å². The van der Waals surface area contributed by atoms with Crippen LogP contribution >= 0.6 is 11.6 Å². The molecule has 0 radical (unpaired) electrons. The van der Waals surface area contributed by atoms with Gasteiger partial charge in [0.25, 0.3) is 0 Å². The summed E-state index contributed by atoms with van der Waals surface area (Å²) in [6.07, 6.45) is 0. The predicted octanol–water partition coefficient (Wildman–Crippen LogP) is 6.64. The van der Waals surface area contributed by atoms with Crippen LogP contribution in [0.3, 0.4) is 0 Å². The molecule has 2 atom stereocenters. The minimum atomic E-state index is 0.559. The number of rotatable bonds is 3. The van der Waals surface area contributed by atoms with E-state index < -0.39 is 0 Å². The number of aryl methyl sites for hydroxylation is 1. The van der Waals surface area contributed by atoms with E-state index in [0.29, 0.717) is 17.0 Å². The first kappa shape index (κ1) is 18.2. The molecule has 3 rings (SSSR count). The summed E-state index contributed by atoms with van der Waals surface area (Å²) < 4.78 is 0. The monoisotopic (exact) mass is 337 g/mol. The maximum atomic E-state index is 5.53. The molecule has 124 valence electrons. The molecule has 2 unspecified atom stereocenters. The largest absolute Gasteiger partial charge is 0.241 e. The second-order valence-electron chi connectivity index (χ2n) is 6.00. The van der Waals surface area contributed by atoms with Gasteiger partial charge in [-0.05, 0) is 42.0 Å². The first-order chi connectivity index (χ1) is 11.6. The summed E-state index contributed by atoms with van der Waals surface area (Å²) >= 11 is 5.53. The summed E-state index contributed by atoms with van der Waals surface area (Å²) in [5, 5.41) is 0.560. The minimum Gasteiger partial charge on any atom is -0.241 e. The molecule has 2 aromatic carbocycles. The summed E-state index contributed by atoms with van der Waals surface area (Å²) in [5.74, 6) is 1.12. The molecule has 0 aliphatic carbocycles. The molecule has 1 heterocycles. The molecule has 0 saturated carbocycles. The predicted molar refractivity (Wildman–Crippen MR) is 104 cm³/mol. The Morgan fingerprint density at radius 2 is 1.12 bits per heavy atom. The molecule has 0 saturated heterocycles. The van der Waals surface area contributed by atoms with E-state index in [1.807, 2.05) is 19.1 Å². The van der Waals surface area contributed by atoms with E-state index in [9.17, 15) is 0 Å². The van der Waals surface area contributed by atoms with Crippen LogP contribution in [0.25, 0.3) is 0 Å². The number of hydrogen-bond donors (Lipinski definition) is 0. The van der Waals surface area contributed by atoms with Gasteiger partial charge in [0.2, 0.25) is 0 Å². The number of hydrogen-bond acceptors (Lipinski definition) is 1. The molecule has 1 aromatic heterocycles. The highest BCUT2D eigenvalue weighted by molar-refractivity contribution is 6.29. The van der Waals surface area contributed by atoms with Crippen molar-refractivity contribution in [2.45, 2.75) is 32.6 Å². The van der Waals surface area contributed by atoms with E-state index in [4.69, 9.17) is 11.6 Å². The van der Waals surface area contributed by atoms with E-state index >= 15 is 0 Å². The van der Waals surface area contributed by atoms with Gasteiger partial charge >= 0.3 is 0 Å². The number of aromatic nitrogens is 1. The molecule has 0 amide bonds. The third-order valence-electron chi connectivity index (χ3n) is 4.26. The summed E-state index contributed by atoms with van der Waals surface area (Å²) in [7, 11) is 0. The fourth-order valence-electron chi connectivity index (χ4n) is 2.60. The van der Waals surface area contributed by atoms with E-state index in [0.717, 1.165) is 5.69 Å². The van der Waals surface area contributed by atoms with Crippen molar-refractivity contribution in [3.63, 3.8) is 0 Å². The standard InChI is InChI=1S/C16H18.C6H6ClN/c1-13(15-9-5-3-6-10-15)14(2)16-11-7-4-8-12-16;1-5-3-2-4-6(7)8-5/h3-14H,1-2H3;2-4H,1H3. The van der Waals surface area contributed by atoms with Crippen LogP contribution in [0, 0.1) is 6.92 Å². The summed E-state index contributed by atoms with van der Waals surface area (Å²) in [5.41, 5.74) is 3.79. The van der Waals surface area contributed by atoms with E-state index in [1.165, 1.54) is 11.1 Å². The lowest BCUT2D eigenvalue weighted by atomic mass is 9.84. The SMILES string of the molecule is CC(c1ccccc1)C(C)c1ccccc1.Cc1cccc(Cl)n1. The molecule has 0 N–H and O–H groups in total. The van der Waals surface area contributed by atoms with E-state index in [-0.39, 0.29) is 0 Å². The van der Waals surface area contributed by atoms with Crippen LogP contribution < -0.4 is 0 Å². The Labute approximate surface area is 150 Å². The average Bonchev–Trinajstić information content (AvgIpc) is 2.62. The van der Waals surface area contributed by atoms with Crippen LogP contribution in [-0.2, 0) is 0 Å². The van der Waals surface area contributed by atoms with Crippen molar-refractivity contribution in [2.24, 2.45) is 0 Å². The van der Waals surface area contributed by atoms with Crippen LogP contribution in [0.5, 0.6) is 0 Å². The number of nitrogens with zero attached hydrogens (tertiary/aromatic N) is 1. The normalized spacial score (nSPS) is 12.7. The summed E-state index contributed by atoms with van der Waals surface area (Å²) in [6, 6.07) is 27.0. The van der Waals surface area contributed by atoms with Gasteiger partial charge in [-0.15, -0.1) is 0 Å². The maximum Gasteiger partial charge on any atom is 0.129 e. The second kappa shape index (κ2) is 9.24. The molecule has 0 bridgehead atoms. The van der Waals surface area contributed by atoms with Gasteiger partial charge in [-0.1, -0.05) is 92.2 Å². The molecule has 24 heavy (non-hydrogen) atoms. The zero-order valence-corrected chi connectivity index (χ0v) is 15.2. The van der Waals surface area contributed by atoms with Gasteiger partial charge in [-0.3, -0.25) is 0 Å². The van der Waals surface area contributed by atoms with Gasteiger partial charge < -0.3 is 0 Å².